The Morgan fingerprint density at radius 1 is 1.33 bits per heavy atom. The van der Waals surface area contributed by atoms with Crippen LogP contribution >= 0.6 is 11.6 Å². The molecular weight excluding hydrogens is 292 g/mol. The Kier molecular flexibility index (Phi) is 6.49. The number of hydrogen-bond donors (Lipinski definition) is 2. The Balaban J connectivity index is 2.81. The molecule has 2 amide bonds. The van der Waals surface area contributed by atoms with E-state index in [-0.39, 0.29) is 18.6 Å². The predicted octanol–water partition coefficient (Wildman–Crippen LogP) is 3.30. The maximum atomic E-state index is 12.3. The fourth-order valence-electron chi connectivity index (χ4n) is 1.97. The molecule has 2 N–H and O–H groups in total. The van der Waals surface area contributed by atoms with Gasteiger partial charge in [-0.2, -0.15) is 0 Å². The third-order valence-corrected chi connectivity index (χ3v) is 3.75. The summed E-state index contributed by atoms with van der Waals surface area (Å²) in [5, 5.41) is 12.3. The molecule has 0 saturated heterocycles. The number of rotatable bonds is 6. The maximum Gasteiger partial charge on any atom is 0.323 e. The first-order valence-corrected chi connectivity index (χ1v) is 7.28. The van der Waals surface area contributed by atoms with E-state index >= 15 is 0 Å². The van der Waals surface area contributed by atoms with Crippen molar-refractivity contribution in [2.45, 2.75) is 39.3 Å². The zero-order valence-electron chi connectivity index (χ0n) is 12.5. The van der Waals surface area contributed by atoms with E-state index in [1.54, 1.807) is 6.07 Å². The number of nitrogens with zero attached hydrogens (tertiary/aromatic N) is 1. The predicted molar refractivity (Wildman–Crippen MR) is 82.5 cm³/mol. The van der Waals surface area contributed by atoms with Crippen molar-refractivity contribution in [3.63, 3.8) is 0 Å². The molecule has 0 aromatic heterocycles. The maximum absolute atomic E-state index is 12.3. The number of carboxylic acid groups (broad SMARTS) is 1. The molecule has 0 bridgehead atoms. The van der Waals surface area contributed by atoms with Gasteiger partial charge in [0.25, 0.3) is 0 Å². The van der Waals surface area contributed by atoms with Crippen molar-refractivity contribution in [2.24, 2.45) is 0 Å². The molecule has 6 heteroatoms. The second kappa shape index (κ2) is 7.88. The lowest BCUT2D eigenvalue weighted by atomic mass is 10.1. The van der Waals surface area contributed by atoms with Gasteiger partial charge in [0.2, 0.25) is 0 Å². The number of halogens is 1. The van der Waals surface area contributed by atoms with Crippen molar-refractivity contribution in [1.82, 2.24) is 10.2 Å². The lowest BCUT2D eigenvalue weighted by molar-refractivity contribution is -0.138. The molecule has 0 aliphatic heterocycles. The average Bonchev–Trinajstić information content (AvgIpc) is 2.43. The van der Waals surface area contributed by atoms with Crippen LogP contribution in [0.5, 0.6) is 0 Å². The van der Waals surface area contributed by atoms with E-state index in [1.807, 2.05) is 39.0 Å². The highest BCUT2D eigenvalue weighted by molar-refractivity contribution is 6.31. The molecule has 5 nitrogen and oxygen atoms in total. The molecule has 21 heavy (non-hydrogen) atoms. The van der Waals surface area contributed by atoms with Gasteiger partial charge in [0, 0.05) is 11.1 Å². The molecule has 0 radical (unpaired) electrons. The van der Waals surface area contributed by atoms with Gasteiger partial charge < -0.3 is 15.3 Å². The first-order valence-electron chi connectivity index (χ1n) is 6.90. The number of carbonyl (C=O) groups is 2. The summed E-state index contributed by atoms with van der Waals surface area (Å²) in [5.41, 5.74) is 0.798. The number of carboxylic acids is 1. The zero-order chi connectivity index (χ0) is 16.0. The smallest absolute Gasteiger partial charge is 0.323 e. The van der Waals surface area contributed by atoms with Crippen LogP contribution in [0.1, 0.15) is 38.8 Å². The third-order valence-electron chi connectivity index (χ3n) is 3.40. The molecular formula is C15H21ClN2O3. The van der Waals surface area contributed by atoms with E-state index in [0.717, 1.165) is 5.56 Å². The quantitative estimate of drug-likeness (QED) is 0.846. The monoisotopic (exact) mass is 312 g/mol. The molecule has 1 rings (SSSR count). The average molecular weight is 313 g/mol. The fourth-order valence-corrected chi connectivity index (χ4v) is 2.27. The zero-order valence-corrected chi connectivity index (χ0v) is 13.2. The van der Waals surface area contributed by atoms with Crippen LogP contribution in [0.4, 0.5) is 4.79 Å². The molecule has 0 aliphatic carbocycles. The number of urea groups is 1. The van der Waals surface area contributed by atoms with Crippen molar-refractivity contribution >= 4 is 23.6 Å². The normalized spacial score (nSPS) is 13.3. The lowest BCUT2D eigenvalue weighted by Crippen LogP contribution is -2.47. The minimum Gasteiger partial charge on any atom is -0.480 e. The van der Waals surface area contributed by atoms with Crippen LogP contribution in [0.25, 0.3) is 0 Å². The molecule has 1 aromatic carbocycles. The van der Waals surface area contributed by atoms with Crippen LogP contribution in [-0.2, 0) is 4.79 Å². The van der Waals surface area contributed by atoms with Gasteiger partial charge in [-0.3, -0.25) is 4.79 Å². The molecule has 2 atom stereocenters. The van der Waals surface area contributed by atoms with Gasteiger partial charge in [0.1, 0.15) is 6.54 Å². The molecule has 116 valence electrons. The number of amides is 2. The molecule has 0 spiro atoms. The van der Waals surface area contributed by atoms with E-state index in [2.05, 4.69) is 5.32 Å². The second-order valence-corrected chi connectivity index (χ2v) is 5.38. The van der Waals surface area contributed by atoms with Crippen LogP contribution in [0, 0.1) is 0 Å². The van der Waals surface area contributed by atoms with Gasteiger partial charge in [-0.05, 0) is 31.9 Å². The lowest BCUT2D eigenvalue weighted by Gasteiger charge is -2.29. The fraction of sp³-hybridized carbons (Fsp3) is 0.467. The van der Waals surface area contributed by atoms with Crippen molar-refractivity contribution < 1.29 is 14.7 Å². The number of nitrogens with one attached hydrogen (secondary N) is 1. The first-order chi connectivity index (χ1) is 9.86. The van der Waals surface area contributed by atoms with E-state index in [9.17, 15) is 9.59 Å². The van der Waals surface area contributed by atoms with Gasteiger partial charge in [0.15, 0.2) is 0 Å². The highest BCUT2D eigenvalue weighted by atomic mass is 35.5. The second-order valence-electron chi connectivity index (χ2n) is 4.97. The van der Waals surface area contributed by atoms with E-state index in [4.69, 9.17) is 16.7 Å². The Labute approximate surface area is 129 Å². The van der Waals surface area contributed by atoms with Gasteiger partial charge in [-0.15, -0.1) is 0 Å². The Hall–Kier alpha value is -1.75. The largest absolute Gasteiger partial charge is 0.480 e. The van der Waals surface area contributed by atoms with Gasteiger partial charge in [0.05, 0.1) is 6.04 Å². The highest BCUT2D eigenvalue weighted by Gasteiger charge is 2.23. The Morgan fingerprint density at radius 3 is 2.48 bits per heavy atom. The summed E-state index contributed by atoms with van der Waals surface area (Å²) in [5.74, 6) is -1.03. The molecule has 0 aliphatic rings. The van der Waals surface area contributed by atoms with Crippen molar-refractivity contribution in [3.8, 4) is 0 Å². The summed E-state index contributed by atoms with van der Waals surface area (Å²) in [4.78, 5) is 24.5. The minimum atomic E-state index is -1.03. The Morgan fingerprint density at radius 2 is 1.95 bits per heavy atom. The molecule has 1 aromatic rings. The van der Waals surface area contributed by atoms with Crippen molar-refractivity contribution in [2.75, 3.05) is 6.54 Å². The summed E-state index contributed by atoms with van der Waals surface area (Å²) in [6, 6.07) is 6.38. The van der Waals surface area contributed by atoms with Crippen molar-refractivity contribution in [3.05, 3.63) is 34.9 Å². The summed E-state index contributed by atoms with van der Waals surface area (Å²) in [6.45, 7) is 5.22. The number of hydrogen-bond acceptors (Lipinski definition) is 2. The van der Waals surface area contributed by atoms with Gasteiger partial charge >= 0.3 is 12.0 Å². The van der Waals surface area contributed by atoms with E-state index in [0.29, 0.717) is 11.4 Å². The molecule has 2 unspecified atom stereocenters. The number of benzene rings is 1. The summed E-state index contributed by atoms with van der Waals surface area (Å²) in [6.07, 6.45) is 0.682. The molecule has 0 saturated carbocycles. The molecule has 0 heterocycles. The van der Waals surface area contributed by atoms with Crippen LogP contribution in [0.15, 0.2) is 24.3 Å². The molecule has 0 fully saturated rings. The Bertz CT molecular complexity index is 507. The summed E-state index contributed by atoms with van der Waals surface area (Å²) < 4.78 is 0. The topological polar surface area (TPSA) is 69.6 Å². The third kappa shape index (κ3) is 4.93. The van der Waals surface area contributed by atoms with Crippen LogP contribution in [0.3, 0.4) is 0 Å². The summed E-state index contributed by atoms with van der Waals surface area (Å²) >= 11 is 6.10. The SMILES string of the molecule is CCC(C)N(CC(=O)O)C(=O)NC(C)c1ccccc1Cl. The summed E-state index contributed by atoms with van der Waals surface area (Å²) in [7, 11) is 0. The number of aliphatic carboxylic acids is 1. The van der Waals surface area contributed by atoms with Crippen LogP contribution < -0.4 is 5.32 Å². The van der Waals surface area contributed by atoms with Crippen LogP contribution in [0.2, 0.25) is 5.02 Å². The number of carbonyl (C=O) groups excluding carboxylic acids is 1. The van der Waals surface area contributed by atoms with E-state index < -0.39 is 12.0 Å². The van der Waals surface area contributed by atoms with Gasteiger partial charge in [-0.1, -0.05) is 36.7 Å². The first kappa shape index (κ1) is 17.3. The van der Waals surface area contributed by atoms with E-state index in [1.165, 1.54) is 4.90 Å². The van der Waals surface area contributed by atoms with Crippen molar-refractivity contribution in [1.29, 1.82) is 0 Å². The van der Waals surface area contributed by atoms with Crippen LogP contribution in [-0.4, -0.2) is 34.6 Å². The van der Waals surface area contributed by atoms with Gasteiger partial charge in [-0.25, -0.2) is 4.79 Å². The standard InChI is InChI=1S/C15H21ClN2O3/c1-4-10(2)18(9-14(19)20)15(21)17-11(3)12-7-5-6-8-13(12)16/h5-8,10-11H,4,9H2,1-3H3,(H,17,21)(H,19,20). The highest BCUT2D eigenvalue weighted by Crippen LogP contribution is 2.22. The minimum absolute atomic E-state index is 0.153.